The molecule has 0 saturated heterocycles. The molecular weight excluding hydrogens is 240 g/mol. The Kier molecular flexibility index (Phi) is 4.52. The Labute approximate surface area is 112 Å². The molecule has 4 N–H and O–H groups in total. The first-order chi connectivity index (χ1) is 9.20. The van der Waals surface area contributed by atoms with Crippen molar-refractivity contribution in [3.8, 4) is 0 Å². The predicted octanol–water partition coefficient (Wildman–Crippen LogP) is 1.21. The number of rotatable bonds is 6. The molecule has 2 aromatic rings. The lowest BCUT2D eigenvalue weighted by Crippen LogP contribution is -2.31. The first-order valence-electron chi connectivity index (χ1n) is 6.60. The molecular formula is C14H20N4O. The van der Waals surface area contributed by atoms with Gasteiger partial charge in [0.1, 0.15) is 0 Å². The van der Waals surface area contributed by atoms with E-state index in [0.29, 0.717) is 13.1 Å². The van der Waals surface area contributed by atoms with Crippen LogP contribution in [0.25, 0.3) is 11.0 Å². The highest BCUT2D eigenvalue weighted by atomic mass is 16.1. The van der Waals surface area contributed by atoms with E-state index in [1.165, 1.54) is 5.56 Å². The highest BCUT2D eigenvalue weighted by molar-refractivity contribution is 5.78. The third kappa shape index (κ3) is 3.54. The number of aromatic nitrogens is 2. The van der Waals surface area contributed by atoms with E-state index in [0.717, 1.165) is 23.9 Å². The van der Waals surface area contributed by atoms with Crippen LogP contribution < -0.4 is 11.1 Å². The number of hydrogen-bond donors (Lipinski definition) is 3. The summed E-state index contributed by atoms with van der Waals surface area (Å²) in [6.07, 6.45) is 3.23. The number of nitrogens with one attached hydrogen (secondary N) is 2. The third-order valence-corrected chi connectivity index (χ3v) is 3.24. The standard InChI is InChI=1S/C14H20N4O/c1-10(4-6-15)14(19)16-7-5-11-2-3-12-13(8-11)18-9-17-12/h2-3,8-10H,4-7,15H2,1H3,(H,16,19)(H,17,18). The van der Waals surface area contributed by atoms with Crippen LogP contribution in [0.3, 0.4) is 0 Å². The van der Waals surface area contributed by atoms with Crippen LogP contribution in [0.2, 0.25) is 0 Å². The molecule has 5 nitrogen and oxygen atoms in total. The average Bonchev–Trinajstić information content (AvgIpc) is 2.86. The monoisotopic (exact) mass is 260 g/mol. The van der Waals surface area contributed by atoms with E-state index in [2.05, 4.69) is 21.4 Å². The van der Waals surface area contributed by atoms with Gasteiger partial charge in [-0.05, 0) is 37.1 Å². The summed E-state index contributed by atoms with van der Waals surface area (Å²) in [4.78, 5) is 19.0. The molecule has 1 atom stereocenters. The van der Waals surface area contributed by atoms with Gasteiger partial charge in [-0.2, -0.15) is 0 Å². The van der Waals surface area contributed by atoms with Crippen molar-refractivity contribution in [1.29, 1.82) is 0 Å². The van der Waals surface area contributed by atoms with Gasteiger partial charge in [-0.25, -0.2) is 4.98 Å². The second-order valence-corrected chi connectivity index (χ2v) is 4.77. The minimum atomic E-state index is -0.0138. The van der Waals surface area contributed by atoms with Gasteiger partial charge in [0.2, 0.25) is 5.91 Å². The molecule has 1 amide bonds. The Morgan fingerprint density at radius 1 is 1.53 bits per heavy atom. The number of imidazole rings is 1. The van der Waals surface area contributed by atoms with Crippen molar-refractivity contribution in [3.05, 3.63) is 30.1 Å². The SMILES string of the molecule is CC(CCN)C(=O)NCCc1ccc2nc[nH]c2c1. The van der Waals surface area contributed by atoms with Gasteiger partial charge in [-0.15, -0.1) is 0 Å². The maximum Gasteiger partial charge on any atom is 0.222 e. The van der Waals surface area contributed by atoms with E-state index >= 15 is 0 Å². The van der Waals surface area contributed by atoms with Gasteiger partial charge < -0.3 is 16.0 Å². The van der Waals surface area contributed by atoms with Crippen LogP contribution in [0.1, 0.15) is 18.9 Å². The second-order valence-electron chi connectivity index (χ2n) is 4.77. The zero-order valence-electron chi connectivity index (χ0n) is 11.1. The summed E-state index contributed by atoms with van der Waals surface area (Å²) in [5.74, 6) is 0.0631. The number of aromatic amines is 1. The Bertz CT molecular complexity index is 549. The first kappa shape index (κ1) is 13.5. The molecule has 0 fully saturated rings. The maximum atomic E-state index is 11.7. The Balaban J connectivity index is 1.83. The number of nitrogens with two attached hydrogens (primary N) is 1. The van der Waals surface area contributed by atoms with E-state index in [-0.39, 0.29) is 11.8 Å². The molecule has 0 spiro atoms. The fourth-order valence-corrected chi connectivity index (χ4v) is 2.02. The predicted molar refractivity (Wildman–Crippen MR) is 75.6 cm³/mol. The molecule has 0 saturated carbocycles. The van der Waals surface area contributed by atoms with Gasteiger partial charge in [0, 0.05) is 12.5 Å². The van der Waals surface area contributed by atoms with Gasteiger partial charge >= 0.3 is 0 Å². The van der Waals surface area contributed by atoms with Crippen LogP contribution in [-0.4, -0.2) is 29.0 Å². The Morgan fingerprint density at radius 3 is 3.16 bits per heavy atom. The van der Waals surface area contributed by atoms with Crippen LogP contribution in [0, 0.1) is 5.92 Å². The van der Waals surface area contributed by atoms with Crippen LogP contribution in [0.5, 0.6) is 0 Å². The van der Waals surface area contributed by atoms with Crippen LogP contribution in [-0.2, 0) is 11.2 Å². The molecule has 5 heteroatoms. The minimum Gasteiger partial charge on any atom is -0.356 e. The molecule has 2 rings (SSSR count). The zero-order chi connectivity index (χ0) is 13.7. The third-order valence-electron chi connectivity index (χ3n) is 3.24. The number of hydrogen-bond acceptors (Lipinski definition) is 3. The fourth-order valence-electron chi connectivity index (χ4n) is 2.02. The summed E-state index contributed by atoms with van der Waals surface area (Å²) in [5.41, 5.74) is 8.61. The molecule has 0 aliphatic rings. The number of benzene rings is 1. The number of H-pyrrole nitrogens is 1. The number of fused-ring (bicyclic) bond motifs is 1. The van der Waals surface area contributed by atoms with Gasteiger partial charge in [-0.3, -0.25) is 4.79 Å². The summed E-state index contributed by atoms with van der Waals surface area (Å²) in [6.45, 7) is 3.09. The number of carbonyl (C=O) groups excluding carboxylic acids is 1. The molecule has 0 bridgehead atoms. The lowest BCUT2D eigenvalue weighted by molar-refractivity contribution is -0.124. The van der Waals surface area contributed by atoms with Crippen molar-refractivity contribution in [3.63, 3.8) is 0 Å². The highest BCUT2D eigenvalue weighted by Crippen LogP contribution is 2.11. The molecule has 1 unspecified atom stereocenters. The molecule has 1 heterocycles. The number of nitrogens with zero attached hydrogens (tertiary/aromatic N) is 1. The molecule has 0 radical (unpaired) electrons. The van der Waals surface area contributed by atoms with Crippen molar-refractivity contribution >= 4 is 16.9 Å². The van der Waals surface area contributed by atoms with Crippen molar-refractivity contribution in [1.82, 2.24) is 15.3 Å². The Morgan fingerprint density at radius 2 is 2.37 bits per heavy atom. The van der Waals surface area contributed by atoms with Crippen LogP contribution in [0.4, 0.5) is 0 Å². The van der Waals surface area contributed by atoms with E-state index < -0.39 is 0 Å². The van der Waals surface area contributed by atoms with Gasteiger partial charge in [-0.1, -0.05) is 13.0 Å². The smallest absolute Gasteiger partial charge is 0.222 e. The Hall–Kier alpha value is -1.88. The normalized spacial score (nSPS) is 12.5. The maximum absolute atomic E-state index is 11.7. The minimum absolute atomic E-state index is 0.0138. The largest absolute Gasteiger partial charge is 0.356 e. The van der Waals surface area contributed by atoms with Crippen LogP contribution in [0.15, 0.2) is 24.5 Å². The molecule has 1 aromatic heterocycles. The zero-order valence-corrected chi connectivity index (χ0v) is 11.1. The van der Waals surface area contributed by atoms with Crippen molar-refractivity contribution in [2.75, 3.05) is 13.1 Å². The van der Waals surface area contributed by atoms with Gasteiger partial charge in [0.05, 0.1) is 17.4 Å². The first-order valence-corrected chi connectivity index (χ1v) is 6.60. The van der Waals surface area contributed by atoms with Gasteiger partial charge in [0.15, 0.2) is 0 Å². The van der Waals surface area contributed by atoms with E-state index in [1.807, 2.05) is 19.1 Å². The molecule has 0 aliphatic heterocycles. The summed E-state index contributed by atoms with van der Waals surface area (Å²) < 4.78 is 0. The summed E-state index contributed by atoms with van der Waals surface area (Å²) >= 11 is 0. The van der Waals surface area contributed by atoms with Crippen molar-refractivity contribution < 1.29 is 4.79 Å². The van der Waals surface area contributed by atoms with Crippen molar-refractivity contribution in [2.24, 2.45) is 11.7 Å². The molecule has 0 aliphatic carbocycles. The topological polar surface area (TPSA) is 83.8 Å². The van der Waals surface area contributed by atoms with E-state index in [1.54, 1.807) is 6.33 Å². The quantitative estimate of drug-likeness (QED) is 0.730. The molecule has 102 valence electrons. The van der Waals surface area contributed by atoms with Crippen LogP contribution >= 0.6 is 0 Å². The van der Waals surface area contributed by atoms with E-state index in [9.17, 15) is 4.79 Å². The summed E-state index contributed by atoms with van der Waals surface area (Å²) in [5, 5.41) is 2.94. The average molecular weight is 260 g/mol. The number of amides is 1. The number of carbonyl (C=O) groups is 1. The second kappa shape index (κ2) is 6.33. The fraction of sp³-hybridized carbons (Fsp3) is 0.429. The van der Waals surface area contributed by atoms with Crippen molar-refractivity contribution in [2.45, 2.75) is 19.8 Å². The molecule has 19 heavy (non-hydrogen) atoms. The summed E-state index contributed by atoms with van der Waals surface area (Å²) in [6, 6.07) is 6.09. The lowest BCUT2D eigenvalue weighted by atomic mass is 10.1. The molecule has 1 aromatic carbocycles. The highest BCUT2D eigenvalue weighted by Gasteiger charge is 2.10. The summed E-state index contributed by atoms with van der Waals surface area (Å²) in [7, 11) is 0. The van der Waals surface area contributed by atoms with Gasteiger partial charge in [0.25, 0.3) is 0 Å². The van der Waals surface area contributed by atoms with E-state index in [4.69, 9.17) is 5.73 Å². The lowest BCUT2D eigenvalue weighted by Gasteiger charge is -2.10.